The molecular weight excluding hydrogens is 355 g/mol. The van der Waals surface area contributed by atoms with Crippen LogP contribution in [-0.4, -0.2) is 29.8 Å². The highest BCUT2D eigenvalue weighted by molar-refractivity contribution is 6.30. The molecule has 6 heteroatoms. The molecule has 26 heavy (non-hydrogen) atoms. The van der Waals surface area contributed by atoms with Crippen molar-refractivity contribution >= 4 is 29.1 Å². The number of hydrogen-bond acceptors (Lipinski definition) is 2. The minimum absolute atomic E-state index is 0.0599. The number of rotatable bonds is 4. The first-order chi connectivity index (χ1) is 12.5. The van der Waals surface area contributed by atoms with Gasteiger partial charge in [0.15, 0.2) is 0 Å². The van der Waals surface area contributed by atoms with Crippen LogP contribution in [0.1, 0.15) is 18.4 Å². The Labute approximate surface area is 157 Å². The number of anilines is 1. The van der Waals surface area contributed by atoms with Crippen molar-refractivity contribution in [1.29, 1.82) is 0 Å². The topological polar surface area (TPSA) is 49.4 Å². The standard InChI is InChI=1S/C20H20ClFN2O2/c21-16-3-1-14(2-4-16)13-19(25)24-11-9-15(10-12-24)20(26)23-18-7-5-17(22)6-8-18/h1-8,15H,9-13H2,(H,23,26). The van der Waals surface area contributed by atoms with Crippen LogP contribution in [0.3, 0.4) is 0 Å². The van der Waals surface area contributed by atoms with Gasteiger partial charge in [-0.2, -0.15) is 0 Å². The number of likely N-dealkylation sites (tertiary alicyclic amines) is 1. The third kappa shape index (κ3) is 4.82. The molecule has 0 spiro atoms. The van der Waals surface area contributed by atoms with E-state index in [0.717, 1.165) is 5.56 Å². The molecule has 0 aromatic heterocycles. The van der Waals surface area contributed by atoms with Crippen LogP contribution in [0.5, 0.6) is 0 Å². The molecule has 3 rings (SSSR count). The molecule has 0 atom stereocenters. The molecule has 0 saturated carbocycles. The zero-order chi connectivity index (χ0) is 18.5. The highest BCUT2D eigenvalue weighted by Gasteiger charge is 2.27. The predicted molar refractivity (Wildman–Crippen MR) is 99.5 cm³/mol. The Morgan fingerprint density at radius 1 is 1.04 bits per heavy atom. The van der Waals surface area contributed by atoms with E-state index < -0.39 is 0 Å². The van der Waals surface area contributed by atoms with Crippen molar-refractivity contribution in [3.05, 3.63) is 64.9 Å². The zero-order valence-electron chi connectivity index (χ0n) is 14.3. The Bertz CT molecular complexity index is 702. The molecule has 1 saturated heterocycles. The van der Waals surface area contributed by atoms with Crippen molar-refractivity contribution in [3.63, 3.8) is 0 Å². The van der Waals surface area contributed by atoms with E-state index in [1.807, 2.05) is 12.1 Å². The van der Waals surface area contributed by atoms with Gasteiger partial charge in [-0.05, 0) is 54.8 Å². The number of halogens is 2. The maximum atomic E-state index is 12.9. The summed E-state index contributed by atoms with van der Waals surface area (Å²) in [6.45, 7) is 1.13. The Morgan fingerprint density at radius 3 is 2.27 bits per heavy atom. The molecule has 1 N–H and O–H groups in total. The second-order valence-corrected chi connectivity index (χ2v) is 6.89. The first kappa shape index (κ1) is 18.4. The summed E-state index contributed by atoms with van der Waals surface area (Å²) >= 11 is 5.86. The summed E-state index contributed by atoms with van der Waals surface area (Å²) in [4.78, 5) is 26.5. The summed E-state index contributed by atoms with van der Waals surface area (Å²) < 4.78 is 12.9. The third-order valence-corrected chi connectivity index (χ3v) is 4.85. The van der Waals surface area contributed by atoms with Gasteiger partial charge in [-0.15, -0.1) is 0 Å². The van der Waals surface area contributed by atoms with Crippen LogP contribution in [0.25, 0.3) is 0 Å². The zero-order valence-corrected chi connectivity index (χ0v) is 15.0. The highest BCUT2D eigenvalue weighted by atomic mass is 35.5. The predicted octanol–water partition coefficient (Wildman–Crippen LogP) is 3.90. The number of amides is 2. The van der Waals surface area contributed by atoms with Crippen LogP contribution in [0.4, 0.5) is 10.1 Å². The van der Waals surface area contributed by atoms with E-state index in [2.05, 4.69) is 5.32 Å². The average molecular weight is 375 g/mol. The number of carbonyl (C=O) groups excluding carboxylic acids is 2. The Kier molecular flexibility index (Phi) is 5.89. The minimum Gasteiger partial charge on any atom is -0.342 e. The van der Waals surface area contributed by atoms with E-state index in [-0.39, 0.29) is 23.5 Å². The van der Waals surface area contributed by atoms with Crippen molar-refractivity contribution < 1.29 is 14.0 Å². The maximum Gasteiger partial charge on any atom is 0.227 e. The fourth-order valence-electron chi connectivity index (χ4n) is 3.06. The largest absolute Gasteiger partial charge is 0.342 e. The van der Waals surface area contributed by atoms with Crippen LogP contribution >= 0.6 is 11.6 Å². The Balaban J connectivity index is 1.48. The van der Waals surface area contributed by atoms with Gasteiger partial charge in [-0.3, -0.25) is 9.59 Å². The normalized spacial score (nSPS) is 14.9. The number of hydrogen-bond donors (Lipinski definition) is 1. The lowest BCUT2D eigenvalue weighted by molar-refractivity contribution is -0.133. The summed E-state index contributed by atoms with van der Waals surface area (Å²) in [6, 6.07) is 13.0. The molecule has 2 amide bonds. The molecule has 1 fully saturated rings. The van der Waals surface area contributed by atoms with Gasteiger partial charge >= 0.3 is 0 Å². The molecule has 1 aliphatic rings. The van der Waals surface area contributed by atoms with Gasteiger partial charge in [0, 0.05) is 29.7 Å². The molecule has 136 valence electrons. The van der Waals surface area contributed by atoms with E-state index in [1.165, 1.54) is 24.3 Å². The van der Waals surface area contributed by atoms with Crippen LogP contribution < -0.4 is 5.32 Å². The van der Waals surface area contributed by atoms with Gasteiger partial charge < -0.3 is 10.2 Å². The quantitative estimate of drug-likeness (QED) is 0.882. The van der Waals surface area contributed by atoms with Crippen LogP contribution in [0.2, 0.25) is 5.02 Å². The average Bonchev–Trinajstić information content (AvgIpc) is 2.65. The third-order valence-electron chi connectivity index (χ3n) is 4.60. The minimum atomic E-state index is -0.337. The second-order valence-electron chi connectivity index (χ2n) is 6.45. The number of carbonyl (C=O) groups is 2. The first-order valence-corrected chi connectivity index (χ1v) is 8.98. The SMILES string of the molecule is O=C(Nc1ccc(F)cc1)C1CCN(C(=O)Cc2ccc(Cl)cc2)CC1. The number of nitrogens with zero attached hydrogens (tertiary/aromatic N) is 1. The van der Waals surface area contributed by atoms with Crippen LogP contribution in [0, 0.1) is 11.7 Å². The molecule has 0 bridgehead atoms. The van der Waals surface area contributed by atoms with Crippen molar-refractivity contribution in [2.24, 2.45) is 5.92 Å². The molecule has 2 aromatic carbocycles. The van der Waals surface area contributed by atoms with Crippen LogP contribution in [0.15, 0.2) is 48.5 Å². The molecular formula is C20H20ClFN2O2. The Hall–Kier alpha value is -2.40. The van der Waals surface area contributed by atoms with Gasteiger partial charge in [0.1, 0.15) is 5.82 Å². The van der Waals surface area contributed by atoms with Crippen molar-refractivity contribution in [2.75, 3.05) is 18.4 Å². The fraction of sp³-hybridized carbons (Fsp3) is 0.300. The monoisotopic (exact) mass is 374 g/mol. The summed E-state index contributed by atoms with van der Waals surface area (Å²) in [5.41, 5.74) is 1.51. The van der Waals surface area contributed by atoms with Crippen molar-refractivity contribution in [3.8, 4) is 0 Å². The molecule has 2 aromatic rings. The van der Waals surface area contributed by atoms with Gasteiger partial charge in [-0.1, -0.05) is 23.7 Å². The summed E-state index contributed by atoms with van der Waals surface area (Å²) in [7, 11) is 0. The van der Waals surface area contributed by atoms with E-state index in [1.54, 1.807) is 17.0 Å². The molecule has 1 heterocycles. The lowest BCUT2D eigenvalue weighted by Crippen LogP contribution is -2.42. The summed E-state index contributed by atoms with van der Waals surface area (Å²) in [6.07, 6.45) is 1.59. The molecule has 0 radical (unpaired) electrons. The molecule has 0 unspecified atom stereocenters. The van der Waals surface area contributed by atoms with Gasteiger partial charge in [0.2, 0.25) is 11.8 Å². The summed E-state index contributed by atoms with van der Waals surface area (Å²) in [5, 5.41) is 3.45. The first-order valence-electron chi connectivity index (χ1n) is 8.60. The maximum absolute atomic E-state index is 12.9. The van der Waals surface area contributed by atoms with Crippen molar-refractivity contribution in [1.82, 2.24) is 4.90 Å². The van der Waals surface area contributed by atoms with Gasteiger partial charge in [0.25, 0.3) is 0 Å². The smallest absolute Gasteiger partial charge is 0.227 e. The lowest BCUT2D eigenvalue weighted by Gasteiger charge is -2.31. The van der Waals surface area contributed by atoms with Gasteiger partial charge in [-0.25, -0.2) is 4.39 Å². The van der Waals surface area contributed by atoms with E-state index >= 15 is 0 Å². The lowest BCUT2D eigenvalue weighted by atomic mass is 9.95. The fourth-order valence-corrected chi connectivity index (χ4v) is 3.18. The van der Waals surface area contributed by atoms with E-state index in [9.17, 15) is 14.0 Å². The number of benzene rings is 2. The number of piperidine rings is 1. The van der Waals surface area contributed by atoms with E-state index in [0.29, 0.717) is 43.1 Å². The second kappa shape index (κ2) is 8.32. The van der Waals surface area contributed by atoms with Crippen molar-refractivity contribution in [2.45, 2.75) is 19.3 Å². The molecule has 0 aliphatic carbocycles. The Morgan fingerprint density at radius 2 is 1.65 bits per heavy atom. The number of nitrogens with one attached hydrogen (secondary N) is 1. The summed E-state index contributed by atoms with van der Waals surface area (Å²) in [5.74, 6) is -0.499. The highest BCUT2D eigenvalue weighted by Crippen LogP contribution is 2.21. The van der Waals surface area contributed by atoms with Gasteiger partial charge in [0.05, 0.1) is 6.42 Å². The van der Waals surface area contributed by atoms with E-state index in [4.69, 9.17) is 11.6 Å². The molecule has 1 aliphatic heterocycles. The van der Waals surface area contributed by atoms with Crippen LogP contribution in [-0.2, 0) is 16.0 Å². The molecule has 4 nitrogen and oxygen atoms in total.